The molecule has 0 saturated carbocycles. The number of rotatable bonds is 2. The van der Waals surface area contributed by atoms with Gasteiger partial charge in [0.15, 0.2) is 0 Å². The zero-order valence-corrected chi connectivity index (χ0v) is 10.3. The predicted octanol–water partition coefficient (Wildman–Crippen LogP) is 2.07. The fourth-order valence-electron chi connectivity index (χ4n) is 2.29. The lowest BCUT2D eigenvalue weighted by Crippen LogP contribution is -2.03. The third-order valence-electron chi connectivity index (χ3n) is 3.04. The molecule has 5 heteroatoms. The van der Waals surface area contributed by atoms with Gasteiger partial charge in [0.1, 0.15) is 0 Å². The van der Waals surface area contributed by atoms with Crippen molar-refractivity contribution in [1.29, 1.82) is 0 Å². The molecule has 2 heterocycles. The van der Waals surface area contributed by atoms with Crippen molar-refractivity contribution in [1.82, 2.24) is 4.57 Å². The van der Waals surface area contributed by atoms with Crippen molar-refractivity contribution in [3.63, 3.8) is 0 Å². The standard InChI is InChI=1S/C13H11NO3S/c15-13(16)11-6-10-7-18(17)8-14(10)12(11)9-4-2-1-3-5-9/h1-6H,7-8H2,(H,15,16). The molecule has 1 N–H and O–H groups in total. The quantitative estimate of drug-likeness (QED) is 0.900. The molecule has 4 nitrogen and oxygen atoms in total. The van der Waals surface area contributed by atoms with E-state index in [0.717, 1.165) is 11.3 Å². The van der Waals surface area contributed by atoms with E-state index >= 15 is 0 Å². The summed E-state index contributed by atoms with van der Waals surface area (Å²) in [5.74, 6) is -0.124. The number of hydrogen-bond donors (Lipinski definition) is 1. The monoisotopic (exact) mass is 261 g/mol. The lowest BCUT2D eigenvalue weighted by Gasteiger charge is -2.07. The normalized spacial score (nSPS) is 17.7. The van der Waals surface area contributed by atoms with Gasteiger partial charge in [-0.3, -0.25) is 4.21 Å². The zero-order valence-electron chi connectivity index (χ0n) is 9.50. The van der Waals surface area contributed by atoms with Crippen LogP contribution in [-0.4, -0.2) is 19.9 Å². The molecule has 0 aliphatic carbocycles. The van der Waals surface area contributed by atoms with Crippen LogP contribution in [0.25, 0.3) is 11.3 Å². The van der Waals surface area contributed by atoms with Gasteiger partial charge >= 0.3 is 5.97 Å². The van der Waals surface area contributed by atoms with Gasteiger partial charge in [-0.25, -0.2) is 4.79 Å². The Hall–Kier alpha value is -1.88. The number of nitrogens with zero attached hydrogens (tertiary/aromatic N) is 1. The topological polar surface area (TPSA) is 59.3 Å². The largest absolute Gasteiger partial charge is 0.478 e. The van der Waals surface area contributed by atoms with Crippen LogP contribution in [-0.2, 0) is 22.4 Å². The van der Waals surface area contributed by atoms with Gasteiger partial charge in [-0.2, -0.15) is 0 Å². The minimum atomic E-state index is -0.943. The van der Waals surface area contributed by atoms with Gasteiger partial charge in [0.2, 0.25) is 0 Å². The maximum atomic E-state index is 11.6. The van der Waals surface area contributed by atoms with E-state index in [0.29, 0.717) is 17.3 Å². The van der Waals surface area contributed by atoms with E-state index in [1.807, 2.05) is 34.9 Å². The van der Waals surface area contributed by atoms with Gasteiger partial charge in [0.05, 0.1) is 22.9 Å². The Morgan fingerprint density at radius 2 is 2.00 bits per heavy atom. The second-order valence-corrected chi connectivity index (χ2v) is 5.64. The van der Waals surface area contributed by atoms with Gasteiger partial charge in [-0.1, -0.05) is 30.3 Å². The summed E-state index contributed by atoms with van der Waals surface area (Å²) < 4.78 is 13.4. The molecule has 0 spiro atoms. The van der Waals surface area contributed by atoms with Crippen molar-refractivity contribution in [3.8, 4) is 11.3 Å². The van der Waals surface area contributed by atoms with Crippen LogP contribution >= 0.6 is 0 Å². The van der Waals surface area contributed by atoms with Crippen molar-refractivity contribution in [2.45, 2.75) is 11.6 Å². The minimum Gasteiger partial charge on any atom is -0.478 e. The molecule has 1 unspecified atom stereocenters. The van der Waals surface area contributed by atoms with Crippen LogP contribution in [0.15, 0.2) is 36.4 Å². The molecule has 0 bridgehead atoms. The maximum Gasteiger partial charge on any atom is 0.337 e. The highest BCUT2D eigenvalue weighted by Gasteiger charge is 2.26. The average Bonchev–Trinajstić information content (AvgIpc) is 2.85. The maximum absolute atomic E-state index is 11.6. The van der Waals surface area contributed by atoms with E-state index in [1.165, 1.54) is 0 Å². The van der Waals surface area contributed by atoms with Crippen LogP contribution in [0.4, 0.5) is 0 Å². The number of benzene rings is 1. The van der Waals surface area contributed by atoms with Crippen molar-refractivity contribution in [3.05, 3.63) is 47.7 Å². The Bertz CT molecular complexity index is 646. The van der Waals surface area contributed by atoms with E-state index in [4.69, 9.17) is 0 Å². The van der Waals surface area contributed by atoms with Gasteiger partial charge in [-0.15, -0.1) is 0 Å². The van der Waals surface area contributed by atoms with E-state index in [2.05, 4.69) is 0 Å². The summed E-state index contributed by atoms with van der Waals surface area (Å²) in [4.78, 5) is 11.3. The molecule has 0 amide bonds. The van der Waals surface area contributed by atoms with Crippen molar-refractivity contribution < 1.29 is 14.1 Å². The molecule has 1 aromatic carbocycles. The first-order valence-corrected chi connectivity index (χ1v) is 7.01. The van der Waals surface area contributed by atoms with Crippen LogP contribution in [0.3, 0.4) is 0 Å². The highest BCUT2D eigenvalue weighted by Crippen LogP contribution is 2.31. The molecule has 0 fully saturated rings. The Kier molecular flexibility index (Phi) is 2.56. The van der Waals surface area contributed by atoms with Crippen molar-refractivity contribution in [2.75, 3.05) is 0 Å². The Morgan fingerprint density at radius 3 is 2.67 bits per heavy atom. The lowest BCUT2D eigenvalue weighted by atomic mass is 10.1. The predicted molar refractivity (Wildman–Crippen MR) is 68.7 cm³/mol. The molecule has 1 atom stereocenters. The van der Waals surface area contributed by atoms with Crippen LogP contribution in [0, 0.1) is 0 Å². The van der Waals surface area contributed by atoms with Gasteiger partial charge in [0.25, 0.3) is 0 Å². The van der Waals surface area contributed by atoms with Crippen LogP contribution in [0.1, 0.15) is 16.1 Å². The van der Waals surface area contributed by atoms with E-state index in [-0.39, 0.29) is 5.56 Å². The van der Waals surface area contributed by atoms with Crippen LogP contribution in [0.2, 0.25) is 0 Å². The first kappa shape index (κ1) is 11.2. The Balaban J connectivity index is 2.24. The summed E-state index contributed by atoms with van der Waals surface area (Å²) in [6.45, 7) is 0. The molecule has 1 aliphatic rings. The number of hydrogen-bond acceptors (Lipinski definition) is 2. The second-order valence-electron chi connectivity index (χ2n) is 4.21. The third kappa shape index (κ3) is 1.67. The summed E-state index contributed by atoms with van der Waals surface area (Å²) >= 11 is 0. The lowest BCUT2D eigenvalue weighted by molar-refractivity contribution is 0.0697. The summed E-state index contributed by atoms with van der Waals surface area (Å²) in [5, 5.41) is 9.26. The number of carboxylic acids is 1. The average molecular weight is 261 g/mol. The number of carbonyl (C=O) groups is 1. The third-order valence-corrected chi connectivity index (χ3v) is 4.21. The second kappa shape index (κ2) is 4.10. The Labute approximate surface area is 106 Å². The number of aromatic carboxylic acids is 1. The first-order chi connectivity index (χ1) is 8.66. The molecule has 92 valence electrons. The molecule has 3 rings (SSSR count). The number of carboxylic acid groups (broad SMARTS) is 1. The SMILES string of the molecule is O=C(O)c1cc2n(c1-c1ccccc1)CS(=O)C2. The summed E-state index contributed by atoms with van der Waals surface area (Å²) in [6, 6.07) is 11.0. The van der Waals surface area contributed by atoms with Gasteiger partial charge < -0.3 is 9.67 Å². The molecular formula is C13H11NO3S. The van der Waals surface area contributed by atoms with E-state index in [1.54, 1.807) is 6.07 Å². The summed E-state index contributed by atoms with van der Waals surface area (Å²) in [6.07, 6.45) is 0. The molecule has 1 aromatic heterocycles. The molecule has 0 radical (unpaired) electrons. The molecule has 1 aliphatic heterocycles. The van der Waals surface area contributed by atoms with Crippen molar-refractivity contribution in [2.24, 2.45) is 0 Å². The van der Waals surface area contributed by atoms with Crippen molar-refractivity contribution >= 4 is 16.8 Å². The highest BCUT2D eigenvalue weighted by molar-refractivity contribution is 7.83. The molecular weight excluding hydrogens is 250 g/mol. The van der Waals surface area contributed by atoms with Crippen LogP contribution in [0.5, 0.6) is 0 Å². The molecule has 18 heavy (non-hydrogen) atoms. The van der Waals surface area contributed by atoms with Gasteiger partial charge in [0, 0.05) is 16.5 Å². The number of aromatic nitrogens is 1. The van der Waals surface area contributed by atoms with Gasteiger partial charge in [-0.05, 0) is 11.6 Å². The molecule has 2 aromatic rings. The minimum absolute atomic E-state index is 0.285. The zero-order chi connectivity index (χ0) is 12.7. The van der Waals surface area contributed by atoms with E-state index in [9.17, 15) is 14.1 Å². The highest BCUT2D eigenvalue weighted by atomic mass is 32.2. The van der Waals surface area contributed by atoms with E-state index < -0.39 is 16.8 Å². The fraction of sp³-hybridized carbons (Fsp3) is 0.154. The molecule has 0 saturated heterocycles. The van der Waals surface area contributed by atoms with Crippen LogP contribution < -0.4 is 0 Å². The first-order valence-electron chi connectivity index (χ1n) is 5.53. The fourth-order valence-corrected chi connectivity index (χ4v) is 3.54. The summed E-state index contributed by atoms with van der Waals surface area (Å²) in [5.41, 5.74) is 2.63. The Morgan fingerprint density at radius 1 is 1.28 bits per heavy atom. The smallest absolute Gasteiger partial charge is 0.337 e. The summed E-state index contributed by atoms with van der Waals surface area (Å²) in [7, 11) is -0.924. The number of fused-ring (bicyclic) bond motifs is 1.